The number of carbonyl (C=O) groups is 2. The molecule has 0 spiro atoms. The van der Waals surface area contributed by atoms with Gasteiger partial charge in [0.05, 0.1) is 26.0 Å². The van der Waals surface area contributed by atoms with Gasteiger partial charge in [0.2, 0.25) is 0 Å². The summed E-state index contributed by atoms with van der Waals surface area (Å²) in [7, 11) is 3.02. The van der Waals surface area contributed by atoms with Gasteiger partial charge in [-0.2, -0.15) is 5.10 Å². The van der Waals surface area contributed by atoms with E-state index in [1.165, 1.54) is 13.3 Å². The average molecular weight is 554 g/mol. The standard InChI is InChI=1S/C31H24ClN3O5/c1-38-21-14-12-20(13-15-21)31(37)40-26-16-11-19(17-27(26)39-2)18-33-35-30(36)29-28(22-7-3-5-9-24(22)32)23-8-4-6-10-25(23)34-29/h3-18,34H,1-2H3,(H,35,36). The van der Waals surface area contributed by atoms with Gasteiger partial charge in [0.15, 0.2) is 11.5 Å². The lowest BCUT2D eigenvalue weighted by Gasteiger charge is -2.10. The van der Waals surface area contributed by atoms with Crippen molar-refractivity contribution in [2.24, 2.45) is 5.10 Å². The van der Waals surface area contributed by atoms with Crippen molar-refractivity contribution >= 4 is 40.6 Å². The molecule has 8 nitrogen and oxygen atoms in total. The van der Waals surface area contributed by atoms with Crippen LogP contribution in [0.4, 0.5) is 0 Å². The van der Waals surface area contributed by atoms with Crippen molar-refractivity contribution in [3.05, 3.63) is 113 Å². The summed E-state index contributed by atoms with van der Waals surface area (Å²) in [4.78, 5) is 28.9. The number of rotatable bonds is 8. The molecule has 200 valence electrons. The molecular formula is C31H24ClN3O5. The normalized spacial score (nSPS) is 11.0. The van der Waals surface area contributed by atoms with Crippen LogP contribution in [0.5, 0.6) is 17.2 Å². The van der Waals surface area contributed by atoms with Gasteiger partial charge in [-0.1, -0.05) is 48.0 Å². The van der Waals surface area contributed by atoms with Crippen molar-refractivity contribution in [3.63, 3.8) is 0 Å². The fourth-order valence-corrected chi connectivity index (χ4v) is 4.44. The number of H-pyrrole nitrogens is 1. The number of nitrogens with one attached hydrogen (secondary N) is 2. The fourth-order valence-electron chi connectivity index (χ4n) is 4.21. The molecule has 0 aliphatic heterocycles. The number of aromatic amines is 1. The highest BCUT2D eigenvalue weighted by atomic mass is 35.5. The Hall–Kier alpha value is -5.08. The molecular weight excluding hydrogens is 530 g/mol. The van der Waals surface area contributed by atoms with Crippen LogP contribution in [0.25, 0.3) is 22.0 Å². The Morgan fingerprint density at radius 1 is 0.875 bits per heavy atom. The summed E-state index contributed by atoms with van der Waals surface area (Å²) in [5, 5.41) is 5.52. The fraction of sp³-hybridized carbons (Fsp3) is 0.0645. The first-order valence-corrected chi connectivity index (χ1v) is 12.6. The maximum absolute atomic E-state index is 13.2. The lowest BCUT2D eigenvalue weighted by molar-refractivity contribution is 0.0729. The molecule has 0 atom stereocenters. The lowest BCUT2D eigenvalue weighted by Crippen LogP contribution is -2.19. The number of halogens is 1. The first kappa shape index (κ1) is 26.5. The Balaban J connectivity index is 1.33. The zero-order chi connectivity index (χ0) is 28.1. The first-order chi connectivity index (χ1) is 19.5. The summed E-state index contributed by atoms with van der Waals surface area (Å²) in [6.45, 7) is 0. The smallest absolute Gasteiger partial charge is 0.343 e. The van der Waals surface area contributed by atoms with Gasteiger partial charge >= 0.3 is 5.97 Å². The highest BCUT2D eigenvalue weighted by Crippen LogP contribution is 2.36. The van der Waals surface area contributed by atoms with E-state index in [9.17, 15) is 9.59 Å². The first-order valence-electron chi connectivity index (χ1n) is 12.2. The molecule has 5 aromatic rings. The van der Waals surface area contributed by atoms with Crippen LogP contribution < -0.4 is 19.6 Å². The molecule has 0 aliphatic rings. The third-order valence-corrected chi connectivity index (χ3v) is 6.50. The highest BCUT2D eigenvalue weighted by Gasteiger charge is 2.20. The third-order valence-electron chi connectivity index (χ3n) is 6.17. The molecule has 1 heterocycles. The molecule has 1 amide bonds. The molecule has 0 unspecified atom stereocenters. The zero-order valence-corrected chi connectivity index (χ0v) is 22.4. The molecule has 9 heteroatoms. The van der Waals surface area contributed by atoms with Crippen LogP contribution in [-0.4, -0.2) is 37.3 Å². The maximum atomic E-state index is 13.2. The number of amides is 1. The van der Waals surface area contributed by atoms with Crippen LogP contribution in [0.3, 0.4) is 0 Å². The summed E-state index contributed by atoms with van der Waals surface area (Å²) in [5.74, 6) is 0.233. The van der Waals surface area contributed by atoms with E-state index in [2.05, 4.69) is 15.5 Å². The summed E-state index contributed by atoms with van der Waals surface area (Å²) < 4.78 is 16.0. The number of benzene rings is 4. The summed E-state index contributed by atoms with van der Waals surface area (Å²) in [6.07, 6.45) is 1.47. The SMILES string of the molecule is COc1ccc(C(=O)Oc2ccc(C=NNC(=O)c3[nH]c4ccccc4c3-c3ccccc3Cl)cc2OC)cc1. The number of aromatic nitrogens is 1. The predicted molar refractivity (Wildman–Crippen MR) is 155 cm³/mol. The van der Waals surface area contributed by atoms with E-state index < -0.39 is 11.9 Å². The third kappa shape index (κ3) is 5.52. The molecule has 0 saturated heterocycles. The van der Waals surface area contributed by atoms with Crippen LogP contribution in [0, 0.1) is 0 Å². The minimum atomic E-state index is -0.540. The molecule has 0 bridgehead atoms. The zero-order valence-electron chi connectivity index (χ0n) is 21.6. The van der Waals surface area contributed by atoms with E-state index in [0.717, 1.165) is 16.5 Å². The van der Waals surface area contributed by atoms with Crippen molar-refractivity contribution in [3.8, 4) is 28.4 Å². The number of ether oxygens (including phenoxy) is 3. The number of hydrogen-bond donors (Lipinski definition) is 2. The summed E-state index contributed by atoms with van der Waals surface area (Å²) in [5.41, 5.74) is 6.12. The lowest BCUT2D eigenvalue weighted by atomic mass is 10.0. The largest absolute Gasteiger partial charge is 0.497 e. The molecule has 1 aromatic heterocycles. The van der Waals surface area contributed by atoms with Crippen LogP contribution in [0.2, 0.25) is 5.02 Å². The van der Waals surface area contributed by atoms with E-state index >= 15 is 0 Å². The summed E-state index contributed by atoms with van der Waals surface area (Å²) in [6, 6.07) is 26.5. The minimum absolute atomic E-state index is 0.243. The molecule has 4 aromatic carbocycles. The molecule has 2 N–H and O–H groups in total. The van der Waals surface area contributed by atoms with Gasteiger partial charge in [-0.25, -0.2) is 10.2 Å². The quantitative estimate of drug-likeness (QED) is 0.0989. The Labute approximate surface area is 235 Å². The van der Waals surface area contributed by atoms with Crippen LogP contribution >= 0.6 is 11.6 Å². The molecule has 0 saturated carbocycles. The van der Waals surface area contributed by atoms with Gasteiger partial charge in [0, 0.05) is 27.1 Å². The highest BCUT2D eigenvalue weighted by molar-refractivity contribution is 6.34. The molecule has 40 heavy (non-hydrogen) atoms. The molecule has 0 fully saturated rings. The topological polar surface area (TPSA) is 102 Å². The number of nitrogens with zero attached hydrogens (tertiary/aromatic N) is 1. The van der Waals surface area contributed by atoms with Gasteiger partial charge in [0.25, 0.3) is 5.91 Å². The van der Waals surface area contributed by atoms with E-state index in [0.29, 0.717) is 38.9 Å². The average Bonchev–Trinajstić information content (AvgIpc) is 3.37. The van der Waals surface area contributed by atoms with E-state index in [1.54, 1.807) is 55.6 Å². The second kappa shape index (κ2) is 11.8. The van der Waals surface area contributed by atoms with Gasteiger partial charge in [-0.05, 0) is 60.2 Å². The van der Waals surface area contributed by atoms with Crippen molar-refractivity contribution in [2.45, 2.75) is 0 Å². The van der Waals surface area contributed by atoms with E-state index in [4.69, 9.17) is 25.8 Å². The molecule has 0 radical (unpaired) electrons. The van der Waals surface area contributed by atoms with Crippen molar-refractivity contribution in [2.75, 3.05) is 14.2 Å². The number of esters is 1. The van der Waals surface area contributed by atoms with Gasteiger partial charge in [-0.3, -0.25) is 4.79 Å². The molecule has 5 rings (SSSR count). The molecule has 0 aliphatic carbocycles. The van der Waals surface area contributed by atoms with Crippen LogP contribution in [0.15, 0.2) is 96.1 Å². The Morgan fingerprint density at radius 2 is 1.62 bits per heavy atom. The number of hydrogen-bond acceptors (Lipinski definition) is 6. The summed E-state index contributed by atoms with van der Waals surface area (Å²) >= 11 is 6.47. The minimum Gasteiger partial charge on any atom is -0.497 e. The number of fused-ring (bicyclic) bond motifs is 1. The van der Waals surface area contributed by atoms with Crippen LogP contribution in [0.1, 0.15) is 26.4 Å². The predicted octanol–water partition coefficient (Wildman–Crippen LogP) is 6.49. The number of hydrazone groups is 1. The van der Waals surface area contributed by atoms with Gasteiger partial charge in [-0.15, -0.1) is 0 Å². The van der Waals surface area contributed by atoms with Gasteiger partial charge < -0.3 is 19.2 Å². The number of methoxy groups -OCH3 is 2. The Morgan fingerprint density at radius 3 is 2.38 bits per heavy atom. The Kier molecular flexibility index (Phi) is 7.80. The van der Waals surface area contributed by atoms with E-state index in [-0.39, 0.29) is 5.75 Å². The monoisotopic (exact) mass is 553 g/mol. The van der Waals surface area contributed by atoms with Crippen LogP contribution in [-0.2, 0) is 0 Å². The number of para-hydroxylation sites is 1. The van der Waals surface area contributed by atoms with Gasteiger partial charge in [0.1, 0.15) is 11.4 Å². The van der Waals surface area contributed by atoms with E-state index in [1.807, 2.05) is 42.5 Å². The maximum Gasteiger partial charge on any atom is 0.343 e. The Bertz CT molecular complexity index is 1730. The second-order valence-corrected chi connectivity index (χ2v) is 9.04. The number of carbonyl (C=O) groups excluding carboxylic acids is 2. The van der Waals surface area contributed by atoms with Crippen molar-refractivity contribution in [1.82, 2.24) is 10.4 Å². The van der Waals surface area contributed by atoms with Crippen molar-refractivity contribution < 1.29 is 23.8 Å². The van der Waals surface area contributed by atoms with Crippen molar-refractivity contribution in [1.29, 1.82) is 0 Å². The second-order valence-electron chi connectivity index (χ2n) is 8.63.